The summed E-state index contributed by atoms with van der Waals surface area (Å²) in [7, 11) is -4.28. The van der Waals surface area contributed by atoms with E-state index >= 15 is 0 Å². The molecule has 1 aliphatic heterocycles. The van der Waals surface area contributed by atoms with Crippen LogP contribution in [0.25, 0.3) is 0 Å². The zero-order chi connectivity index (χ0) is 23.3. The highest BCUT2D eigenvalue weighted by atomic mass is 32.2. The third-order valence-corrected chi connectivity index (χ3v) is 7.09. The fourth-order valence-corrected chi connectivity index (χ4v) is 5.01. The van der Waals surface area contributed by atoms with Gasteiger partial charge in [0, 0.05) is 26.2 Å². The van der Waals surface area contributed by atoms with Gasteiger partial charge in [-0.25, -0.2) is 8.42 Å². The summed E-state index contributed by atoms with van der Waals surface area (Å²) in [5, 5.41) is 0. The minimum atomic E-state index is -4.28. The van der Waals surface area contributed by atoms with E-state index in [0.29, 0.717) is 26.4 Å². The van der Waals surface area contributed by atoms with Crippen LogP contribution in [0.4, 0.5) is 0 Å². The molecule has 1 atom stereocenters. The van der Waals surface area contributed by atoms with Crippen LogP contribution in [0.5, 0.6) is 0 Å². The molecule has 192 valence electrons. The van der Waals surface area contributed by atoms with Crippen LogP contribution in [0.15, 0.2) is 0 Å². The van der Waals surface area contributed by atoms with Crippen molar-refractivity contribution in [1.82, 2.24) is 4.90 Å². The van der Waals surface area contributed by atoms with Crippen molar-refractivity contribution in [3.8, 4) is 0 Å². The van der Waals surface area contributed by atoms with Crippen LogP contribution in [0, 0.1) is 0 Å². The zero-order valence-corrected chi connectivity index (χ0v) is 21.6. The summed E-state index contributed by atoms with van der Waals surface area (Å²) in [5.74, 6) is -0.441. The van der Waals surface area contributed by atoms with E-state index in [2.05, 4.69) is 11.8 Å². The lowest BCUT2D eigenvalue weighted by Gasteiger charge is -2.30. The summed E-state index contributed by atoms with van der Waals surface area (Å²) in [6.45, 7) is 6.11. The maximum Gasteiger partial charge on any atom is 0.0972 e. The predicted octanol–water partition coefficient (Wildman–Crippen LogP) is 5.51. The summed E-state index contributed by atoms with van der Waals surface area (Å²) in [5.41, 5.74) is 0. The Kier molecular flexibility index (Phi) is 18.8. The van der Waals surface area contributed by atoms with Crippen molar-refractivity contribution < 1.29 is 22.4 Å². The Morgan fingerprint density at radius 2 is 1.22 bits per heavy atom. The Balaban J connectivity index is 1.92. The van der Waals surface area contributed by atoms with Gasteiger partial charge in [-0.2, -0.15) is 0 Å². The number of rotatable bonds is 22. The number of hydrogen-bond acceptors (Lipinski definition) is 6. The van der Waals surface area contributed by atoms with Gasteiger partial charge in [-0.1, -0.05) is 103 Å². The van der Waals surface area contributed by atoms with Gasteiger partial charge in [0.1, 0.15) is 0 Å². The Morgan fingerprint density at radius 3 is 1.66 bits per heavy atom. The van der Waals surface area contributed by atoms with Crippen molar-refractivity contribution in [2.75, 3.05) is 45.2 Å². The molecule has 1 unspecified atom stereocenters. The van der Waals surface area contributed by atoms with Gasteiger partial charge < -0.3 is 14.0 Å². The van der Waals surface area contributed by atoms with E-state index in [4.69, 9.17) is 9.47 Å². The van der Waals surface area contributed by atoms with Crippen LogP contribution in [-0.2, 0) is 19.6 Å². The lowest BCUT2D eigenvalue weighted by Crippen LogP contribution is -2.43. The van der Waals surface area contributed by atoms with E-state index in [1.54, 1.807) is 0 Å². The molecule has 0 saturated carbocycles. The van der Waals surface area contributed by atoms with E-state index in [0.717, 1.165) is 25.9 Å². The number of hydrogen-bond donors (Lipinski definition) is 0. The van der Waals surface area contributed by atoms with Crippen molar-refractivity contribution in [2.45, 2.75) is 116 Å². The average Bonchev–Trinajstić information content (AvgIpc) is 2.75. The van der Waals surface area contributed by atoms with Gasteiger partial charge in [-0.05, 0) is 6.42 Å². The molecule has 1 heterocycles. The quantitative estimate of drug-likeness (QED) is 0.151. The lowest BCUT2D eigenvalue weighted by molar-refractivity contribution is -0.00572. The molecule has 1 fully saturated rings. The minimum absolute atomic E-state index is 0.441. The van der Waals surface area contributed by atoms with Crippen LogP contribution < -0.4 is 0 Å². The second-order valence-electron chi connectivity index (χ2n) is 9.43. The van der Waals surface area contributed by atoms with Crippen LogP contribution in [0.2, 0.25) is 0 Å². The summed E-state index contributed by atoms with van der Waals surface area (Å²) in [6.07, 6.45) is 20.6. The molecule has 1 saturated heterocycles. The summed E-state index contributed by atoms with van der Waals surface area (Å²) >= 11 is 0. The average molecular weight is 477 g/mol. The molecule has 0 amide bonds. The van der Waals surface area contributed by atoms with E-state index in [9.17, 15) is 13.0 Å². The molecule has 1 aliphatic rings. The lowest BCUT2D eigenvalue weighted by atomic mass is 10.0. The van der Waals surface area contributed by atoms with Crippen molar-refractivity contribution in [3.63, 3.8) is 0 Å². The topological polar surface area (TPSA) is 78.9 Å². The largest absolute Gasteiger partial charge is 0.748 e. The molecule has 0 spiro atoms. The molecule has 0 aromatic rings. The van der Waals surface area contributed by atoms with Gasteiger partial charge in [0.05, 0.1) is 35.2 Å². The van der Waals surface area contributed by atoms with Crippen molar-refractivity contribution in [2.24, 2.45) is 0 Å². The molecule has 0 aromatic carbocycles. The highest BCUT2D eigenvalue weighted by Gasteiger charge is 2.19. The second kappa shape index (κ2) is 20.2. The molecule has 7 heteroatoms. The Hall–Kier alpha value is -0.210. The maximum atomic E-state index is 11.2. The third kappa shape index (κ3) is 19.3. The van der Waals surface area contributed by atoms with Gasteiger partial charge >= 0.3 is 0 Å². The summed E-state index contributed by atoms with van der Waals surface area (Å²) < 4.78 is 44.7. The molecule has 1 rings (SSSR count). The van der Waals surface area contributed by atoms with E-state index in [-0.39, 0.29) is 0 Å². The van der Waals surface area contributed by atoms with Gasteiger partial charge in [-0.3, -0.25) is 4.90 Å². The summed E-state index contributed by atoms with van der Waals surface area (Å²) in [6, 6.07) is 0. The first-order valence-corrected chi connectivity index (χ1v) is 14.9. The third-order valence-electron chi connectivity index (χ3n) is 6.31. The SMILES string of the molecule is CCCCCCCCCCCCCCCCCCOC(CN1CCOCC1)CS(=O)(=O)[O-]. The van der Waals surface area contributed by atoms with Gasteiger partial charge in [-0.15, -0.1) is 0 Å². The van der Waals surface area contributed by atoms with Crippen molar-refractivity contribution >= 4 is 10.1 Å². The van der Waals surface area contributed by atoms with E-state index in [1.165, 1.54) is 89.9 Å². The van der Waals surface area contributed by atoms with Crippen LogP contribution in [-0.4, -0.2) is 69.2 Å². The molecule has 0 bridgehead atoms. The zero-order valence-electron chi connectivity index (χ0n) is 20.7. The first-order valence-electron chi connectivity index (χ1n) is 13.4. The maximum absolute atomic E-state index is 11.2. The van der Waals surface area contributed by atoms with Crippen LogP contribution in [0.1, 0.15) is 110 Å². The van der Waals surface area contributed by atoms with Gasteiger partial charge in [0.25, 0.3) is 0 Å². The molecular weight excluding hydrogens is 426 g/mol. The second-order valence-corrected chi connectivity index (χ2v) is 10.9. The number of nitrogens with zero attached hydrogens (tertiary/aromatic N) is 1. The fraction of sp³-hybridized carbons (Fsp3) is 1.00. The monoisotopic (exact) mass is 476 g/mol. The molecule has 32 heavy (non-hydrogen) atoms. The highest BCUT2D eigenvalue weighted by molar-refractivity contribution is 7.85. The normalized spacial score (nSPS) is 16.4. The Labute approximate surface area is 198 Å². The first-order chi connectivity index (χ1) is 15.5. The first kappa shape index (κ1) is 29.8. The molecule has 0 N–H and O–H groups in total. The van der Waals surface area contributed by atoms with Gasteiger partial charge in [0.15, 0.2) is 0 Å². The van der Waals surface area contributed by atoms with Crippen molar-refractivity contribution in [1.29, 1.82) is 0 Å². The number of morpholine rings is 1. The molecule has 0 aliphatic carbocycles. The van der Waals surface area contributed by atoms with Crippen LogP contribution >= 0.6 is 0 Å². The molecule has 6 nitrogen and oxygen atoms in total. The predicted molar refractivity (Wildman–Crippen MR) is 131 cm³/mol. The standard InChI is InChI=1S/C25H51NO5S/c1-2-3-4-5-6-7-8-9-10-11-12-13-14-15-16-17-20-31-25(24-32(27,28)29)23-26-18-21-30-22-19-26/h25H,2-24H2,1H3,(H,27,28,29)/p-1. The Morgan fingerprint density at radius 1 is 0.781 bits per heavy atom. The van der Waals surface area contributed by atoms with Crippen LogP contribution in [0.3, 0.4) is 0 Å². The molecular formula is C25H50NO5S-. The fourth-order valence-electron chi connectivity index (χ4n) is 4.35. The minimum Gasteiger partial charge on any atom is -0.748 e. The number of unbranched alkanes of at least 4 members (excludes halogenated alkanes) is 15. The molecule has 0 radical (unpaired) electrons. The van der Waals surface area contributed by atoms with Gasteiger partial charge in [0.2, 0.25) is 0 Å². The number of ether oxygens (including phenoxy) is 2. The van der Waals surface area contributed by atoms with E-state index in [1.807, 2.05) is 0 Å². The summed E-state index contributed by atoms with van der Waals surface area (Å²) in [4.78, 5) is 2.12. The van der Waals surface area contributed by atoms with E-state index < -0.39 is 22.0 Å². The molecule has 0 aromatic heterocycles. The smallest absolute Gasteiger partial charge is 0.0972 e. The highest BCUT2D eigenvalue weighted by Crippen LogP contribution is 2.14. The Bertz CT molecular complexity index is 508. The van der Waals surface area contributed by atoms with Crippen molar-refractivity contribution in [3.05, 3.63) is 0 Å².